The van der Waals surface area contributed by atoms with Crippen molar-refractivity contribution in [2.75, 3.05) is 31.8 Å². The van der Waals surface area contributed by atoms with Crippen LogP contribution in [0.25, 0.3) is 5.57 Å². The molecule has 10 heteroatoms. The minimum absolute atomic E-state index is 0.0504. The predicted molar refractivity (Wildman–Crippen MR) is 151 cm³/mol. The maximum atomic E-state index is 14.2. The molecule has 202 valence electrons. The van der Waals surface area contributed by atoms with E-state index in [1.165, 1.54) is 11.7 Å². The summed E-state index contributed by atoms with van der Waals surface area (Å²) in [6, 6.07) is 13.7. The maximum absolute atomic E-state index is 14.2. The predicted octanol–water partition coefficient (Wildman–Crippen LogP) is 3.60. The summed E-state index contributed by atoms with van der Waals surface area (Å²) in [5, 5.41) is 0.394. The number of anilines is 1. The van der Waals surface area contributed by atoms with Crippen molar-refractivity contribution < 1.29 is 19.1 Å². The Balaban J connectivity index is 1.75. The first-order chi connectivity index (χ1) is 18.9. The highest BCUT2D eigenvalue weighted by Crippen LogP contribution is 2.37. The summed E-state index contributed by atoms with van der Waals surface area (Å²) >= 11 is 7.75. The van der Waals surface area contributed by atoms with Crippen molar-refractivity contribution in [1.82, 2.24) is 4.57 Å². The second-order valence-corrected chi connectivity index (χ2v) is 10.6. The second kappa shape index (κ2) is 11.3. The molecule has 3 heterocycles. The van der Waals surface area contributed by atoms with Crippen LogP contribution in [0.5, 0.6) is 0 Å². The number of nitrogens with zero attached hydrogens (tertiary/aromatic N) is 3. The van der Waals surface area contributed by atoms with E-state index in [1.54, 1.807) is 36.1 Å². The first kappa shape index (κ1) is 27.1. The van der Waals surface area contributed by atoms with E-state index < -0.39 is 17.6 Å². The minimum atomic E-state index is -0.873. The second-order valence-electron chi connectivity index (χ2n) is 9.26. The van der Waals surface area contributed by atoms with E-state index in [0.29, 0.717) is 38.8 Å². The highest BCUT2D eigenvalue weighted by atomic mass is 35.5. The summed E-state index contributed by atoms with van der Waals surface area (Å²) in [6.07, 6.45) is 1.78. The van der Waals surface area contributed by atoms with Crippen molar-refractivity contribution in [3.05, 3.63) is 95.6 Å². The number of halogens is 1. The number of fused-ring (bicyclic) bond motifs is 2. The van der Waals surface area contributed by atoms with E-state index in [-0.39, 0.29) is 29.2 Å². The number of allylic oxidation sites excluding steroid dienone is 1. The first-order valence-electron chi connectivity index (χ1n) is 12.8. The molecule has 2 aliphatic heterocycles. The molecule has 1 aromatic heterocycles. The van der Waals surface area contributed by atoms with Crippen LogP contribution in [0.15, 0.2) is 69.6 Å². The first-order valence-corrected chi connectivity index (χ1v) is 13.9. The van der Waals surface area contributed by atoms with Gasteiger partial charge in [0.25, 0.3) is 11.5 Å². The Morgan fingerprint density at radius 2 is 1.85 bits per heavy atom. The fourth-order valence-corrected chi connectivity index (χ4v) is 6.33. The molecule has 0 bridgehead atoms. The number of unbranched alkanes of at least 4 members (excludes halogenated alkanes) is 1. The van der Waals surface area contributed by atoms with Crippen molar-refractivity contribution in [1.29, 1.82) is 0 Å². The number of hydrogen-bond acceptors (Lipinski definition) is 7. The van der Waals surface area contributed by atoms with Crippen LogP contribution in [-0.2, 0) is 19.1 Å². The molecule has 0 unspecified atom stereocenters. The van der Waals surface area contributed by atoms with Gasteiger partial charge in [-0.15, -0.1) is 0 Å². The summed E-state index contributed by atoms with van der Waals surface area (Å²) in [7, 11) is 1.52. The summed E-state index contributed by atoms with van der Waals surface area (Å²) < 4.78 is 12.2. The number of methoxy groups -OCH3 is 1. The lowest BCUT2D eigenvalue weighted by Gasteiger charge is -2.25. The number of thiazole rings is 1. The summed E-state index contributed by atoms with van der Waals surface area (Å²) in [5.74, 6) is -0.816. The number of benzene rings is 2. The Morgan fingerprint density at radius 1 is 1.10 bits per heavy atom. The molecule has 5 rings (SSSR count). The smallest absolute Gasteiger partial charge is 0.338 e. The zero-order valence-electron chi connectivity index (χ0n) is 21.9. The van der Waals surface area contributed by atoms with Gasteiger partial charge in [0, 0.05) is 24.2 Å². The van der Waals surface area contributed by atoms with Crippen LogP contribution >= 0.6 is 22.9 Å². The Bertz CT molecular complexity index is 1670. The third-order valence-electron chi connectivity index (χ3n) is 6.82. The zero-order chi connectivity index (χ0) is 27.7. The standard InChI is InChI=1S/C29H28ClN3O5S/c1-4-5-14-32-21-13-9-7-11-19(21)23(26(32)34)25-27(35)33-24(18-10-6-8-12-20(18)30)22(17(2)31-29(33)39-25)28(36)38-16-15-37-3/h6-13,24H,4-5,14-16H2,1-3H3/b25-23-/t24-/m0/s1. The molecule has 0 saturated carbocycles. The third kappa shape index (κ3) is 4.75. The van der Waals surface area contributed by atoms with Gasteiger partial charge in [0.15, 0.2) is 4.80 Å². The normalized spacial score (nSPS) is 17.7. The van der Waals surface area contributed by atoms with Gasteiger partial charge in [0.2, 0.25) is 0 Å². The number of rotatable bonds is 8. The van der Waals surface area contributed by atoms with Gasteiger partial charge in [0.1, 0.15) is 17.2 Å². The molecule has 3 aromatic rings. The largest absolute Gasteiger partial charge is 0.460 e. The number of aromatic nitrogens is 1. The molecule has 8 nitrogen and oxygen atoms in total. The summed E-state index contributed by atoms with van der Waals surface area (Å²) in [6.45, 7) is 4.62. The molecule has 0 spiro atoms. The Kier molecular flexibility index (Phi) is 7.83. The lowest BCUT2D eigenvalue weighted by Crippen LogP contribution is -2.41. The molecule has 2 aromatic carbocycles. The van der Waals surface area contributed by atoms with Crippen molar-refractivity contribution in [2.45, 2.75) is 32.7 Å². The molecule has 0 saturated heterocycles. The van der Waals surface area contributed by atoms with Gasteiger partial charge in [-0.2, -0.15) is 0 Å². The van der Waals surface area contributed by atoms with E-state index in [2.05, 4.69) is 11.9 Å². The summed E-state index contributed by atoms with van der Waals surface area (Å²) in [5.41, 5.74) is 2.65. The van der Waals surface area contributed by atoms with Crippen LogP contribution in [0, 0.1) is 0 Å². The Labute approximate surface area is 234 Å². The molecule has 0 fully saturated rings. The van der Waals surface area contributed by atoms with Crippen molar-refractivity contribution in [2.24, 2.45) is 4.99 Å². The molecule has 0 N–H and O–H groups in total. The molecule has 2 aliphatic rings. The van der Waals surface area contributed by atoms with Gasteiger partial charge in [-0.3, -0.25) is 14.2 Å². The average Bonchev–Trinajstić information content (AvgIpc) is 3.39. The SMILES string of the molecule is CCCCN1C(=O)/C(=c2\sc3n(c2=O)[C@@H](c2ccccc2Cl)C(C(=O)OCCOC)=C(C)N=3)c2ccccc21. The lowest BCUT2D eigenvalue weighted by atomic mass is 9.96. The number of ether oxygens (including phenoxy) is 2. The molecule has 0 radical (unpaired) electrons. The number of carbonyl (C=O) groups is 2. The molecule has 1 atom stereocenters. The highest BCUT2D eigenvalue weighted by molar-refractivity contribution is 7.07. The average molecular weight is 566 g/mol. The van der Waals surface area contributed by atoms with Gasteiger partial charge >= 0.3 is 5.97 Å². The van der Waals surface area contributed by atoms with Crippen LogP contribution in [0.3, 0.4) is 0 Å². The lowest BCUT2D eigenvalue weighted by molar-refractivity contribution is -0.140. The van der Waals surface area contributed by atoms with E-state index in [4.69, 9.17) is 21.1 Å². The monoisotopic (exact) mass is 565 g/mol. The zero-order valence-corrected chi connectivity index (χ0v) is 23.5. The number of esters is 1. The number of carbonyl (C=O) groups excluding carboxylic acids is 2. The van der Waals surface area contributed by atoms with E-state index in [9.17, 15) is 14.4 Å². The summed E-state index contributed by atoms with van der Waals surface area (Å²) in [4.78, 5) is 48.0. The van der Waals surface area contributed by atoms with E-state index in [1.807, 2.05) is 24.3 Å². The van der Waals surface area contributed by atoms with Crippen molar-refractivity contribution in [3.8, 4) is 0 Å². The fourth-order valence-electron chi connectivity index (χ4n) is 4.96. The van der Waals surface area contributed by atoms with Gasteiger partial charge in [-0.25, -0.2) is 9.79 Å². The van der Waals surface area contributed by atoms with Gasteiger partial charge in [-0.05, 0) is 31.0 Å². The van der Waals surface area contributed by atoms with Gasteiger partial charge in [-0.1, -0.05) is 72.7 Å². The highest BCUT2D eigenvalue weighted by Gasteiger charge is 2.37. The van der Waals surface area contributed by atoms with Crippen LogP contribution < -0.4 is 19.8 Å². The number of para-hydroxylation sites is 1. The van der Waals surface area contributed by atoms with E-state index in [0.717, 1.165) is 29.9 Å². The third-order valence-corrected chi connectivity index (χ3v) is 8.22. The fraction of sp³-hybridized carbons (Fsp3) is 0.310. The molecular weight excluding hydrogens is 538 g/mol. The number of hydrogen-bond donors (Lipinski definition) is 0. The van der Waals surface area contributed by atoms with Crippen LogP contribution in [0.1, 0.15) is 43.9 Å². The number of amides is 1. The molecular formula is C29H28ClN3O5S. The minimum Gasteiger partial charge on any atom is -0.460 e. The van der Waals surface area contributed by atoms with Crippen LogP contribution in [0.2, 0.25) is 5.02 Å². The quantitative estimate of drug-likeness (QED) is 0.307. The van der Waals surface area contributed by atoms with Crippen molar-refractivity contribution in [3.63, 3.8) is 0 Å². The molecule has 0 aliphatic carbocycles. The Morgan fingerprint density at radius 3 is 2.59 bits per heavy atom. The van der Waals surface area contributed by atoms with Crippen molar-refractivity contribution >= 4 is 46.1 Å². The topological polar surface area (TPSA) is 90.2 Å². The van der Waals surface area contributed by atoms with Gasteiger partial charge in [0.05, 0.1) is 29.1 Å². The van der Waals surface area contributed by atoms with Crippen LogP contribution in [-0.4, -0.2) is 43.3 Å². The molecule has 39 heavy (non-hydrogen) atoms. The van der Waals surface area contributed by atoms with Gasteiger partial charge < -0.3 is 14.4 Å². The Hall–Kier alpha value is -3.53. The molecule has 1 amide bonds. The maximum Gasteiger partial charge on any atom is 0.338 e. The van der Waals surface area contributed by atoms with E-state index >= 15 is 0 Å². The van der Waals surface area contributed by atoms with Crippen LogP contribution in [0.4, 0.5) is 5.69 Å².